The SMILES string of the molecule is CCC(=O)Nc1ccc(N2C[C@@H](C(=O)Cl)CC2=O)cc1. The zero-order valence-electron chi connectivity index (χ0n) is 11.1. The molecule has 1 aliphatic heterocycles. The van der Waals surface area contributed by atoms with Gasteiger partial charge in [-0.25, -0.2) is 0 Å². The van der Waals surface area contributed by atoms with Gasteiger partial charge in [0.25, 0.3) is 0 Å². The number of amides is 2. The Labute approximate surface area is 121 Å². The minimum atomic E-state index is -0.479. The van der Waals surface area contributed by atoms with E-state index in [1.165, 1.54) is 4.90 Å². The largest absolute Gasteiger partial charge is 0.326 e. The molecule has 1 aromatic rings. The summed E-state index contributed by atoms with van der Waals surface area (Å²) in [6.07, 6.45) is 0.558. The van der Waals surface area contributed by atoms with Gasteiger partial charge in [0.05, 0.1) is 5.92 Å². The summed E-state index contributed by atoms with van der Waals surface area (Å²) in [5.41, 5.74) is 1.38. The number of rotatable bonds is 4. The number of carbonyl (C=O) groups is 3. The third-order valence-electron chi connectivity index (χ3n) is 3.23. The van der Waals surface area contributed by atoms with E-state index in [1.807, 2.05) is 0 Å². The molecule has 1 atom stereocenters. The number of benzene rings is 1. The number of nitrogens with zero attached hydrogens (tertiary/aromatic N) is 1. The van der Waals surface area contributed by atoms with E-state index < -0.39 is 11.2 Å². The molecule has 5 nitrogen and oxygen atoms in total. The second kappa shape index (κ2) is 6.05. The summed E-state index contributed by atoms with van der Waals surface area (Å²) < 4.78 is 0. The predicted molar refractivity (Wildman–Crippen MR) is 76.7 cm³/mol. The Balaban J connectivity index is 2.08. The summed E-state index contributed by atoms with van der Waals surface area (Å²) in [6.45, 7) is 2.08. The zero-order chi connectivity index (χ0) is 14.7. The summed E-state index contributed by atoms with van der Waals surface area (Å²) in [4.78, 5) is 35.8. The maximum Gasteiger partial charge on any atom is 0.227 e. The number of nitrogens with one attached hydrogen (secondary N) is 1. The lowest BCUT2D eigenvalue weighted by molar-refractivity contribution is -0.120. The molecule has 6 heteroatoms. The highest BCUT2D eigenvalue weighted by Gasteiger charge is 2.34. The van der Waals surface area contributed by atoms with Crippen LogP contribution in [0.15, 0.2) is 24.3 Å². The molecule has 0 radical (unpaired) electrons. The van der Waals surface area contributed by atoms with Gasteiger partial charge in [0, 0.05) is 30.8 Å². The molecule has 0 bridgehead atoms. The summed E-state index contributed by atoms with van der Waals surface area (Å²) >= 11 is 5.44. The Morgan fingerprint density at radius 3 is 2.50 bits per heavy atom. The monoisotopic (exact) mass is 294 g/mol. The Morgan fingerprint density at radius 2 is 2.00 bits per heavy atom. The summed E-state index contributed by atoms with van der Waals surface area (Å²) in [5, 5.41) is 2.25. The van der Waals surface area contributed by atoms with Crippen LogP contribution >= 0.6 is 11.6 Å². The van der Waals surface area contributed by atoms with Crippen molar-refractivity contribution in [2.24, 2.45) is 5.92 Å². The van der Waals surface area contributed by atoms with Crippen molar-refractivity contribution >= 4 is 40.0 Å². The van der Waals surface area contributed by atoms with E-state index >= 15 is 0 Å². The summed E-state index contributed by atoms with van der Waals surface area (Å²) in [7, 11) is 0. The number of hydrogen-bond donors (Lipinski definition) is 1. The van der Waals surface area contributed by atoms with E-state index in [1.54, 1.807) is 31.2 Å². The quantitative estimate of drug-likeness (QED) is 0.865. The minimum Gasteiger partial charge on any atom is -0.326 e. The molecule has 2 rings (SSSR count). The molecule has 0 unspecified atom stereocenters. The molecule has 1 aliphatic rings. The maximum absolute atomic E-state index is 11.8. The van der Waals surface area contributed by atoms with Crippen LogP contribution in [0, 0.1) is 5.92 Å². The van der Waals surface area contributed by atoms with Gasteiger partial charge in [-0.2, -0.15) is 0 Å². The molecule has 20 heavy (non-hydrogen) atoms. The first-order valence-electron chi connectivity index (χ1n) is 6.41. The molecular weight excluding hydrogens is 280 g/mol. The first kappa shape index (κ1) is 14.5. The van der Waals surface area contributed by atoms with E-state index in [4.69, 9.17) is 11.6 Å². The van der Waals surface area contributed by atoms with Crippen LogP contribution < -0.4 is 10.2 Å². The summed E-state index contributed by atoms with van der Waals surface area (Å²) in [5.74, 6) is -0.624. The van der Waals surface area contributed by atoms with Crippen molar-refractivity contribution in [3.63, 3.8) is 0 Å². The van der Waals surface area contributed by atoms with Crippen molar-refractivity contribution in [1.29, 1.82) is 0 Å². The second-order valence-corrected chi connectivity index (χ2v) is 5.03. The second-order valence-electron chi connectivity index (χ2n) is 4.66. The van der Waals surface area contributed by atoms with E-state index in [-0.39, 0.29) is 18.2 Å². The topological polar surface area (TPSA) is 66.5 Å². The molecule has 1 heterocycles. The Kier molecular flexibility index (Phi) is 4.39. The molecule has 1 fully saturated rings. The standard InChI is InChI=1S/C14H15ClN2O3/c1-2-12(18)16-10-3-5-11(6-4-10)17-8-9(14(15)20)7-13(17)19/h3-6,9H,2,7-8H2,1H3,(H,16,18)/t9-/m0/s1. The molecule has 1 aromatic carbocycles. The van der Waals surface area contributed by atoms with Crippen LogP contribution in [-0.2, 0) is 14.4 Å². The first-order valence-corrected chi connectivity index (χ1v) is 6.78. The number of halogens is 1. The third-order valence-corrected chi connectivity index (χ3v) is 3.54. The van der Waals surface area contributed by atoms with Crippen LogP contribution in [0.5, 0.6) is 0 Å². The van der Waals surface area contributed by atoms with Crippen LogP contribution in [0.25, 0.3) is 0 Å². The molecular formula is C14H15ClN2O3. The lowest BCUT2D eigenvalue weighted by Gasteiger charge is -2.16. The molecule has 2 amide bonds. The van der Waals surface area contributed by atoms with Gasteiger partial charge in [0.2, 0.25) is 17.1 Å². The highest BCUT2D eigenvalue weighted by molar-refractivity contribution is 6.64. The minimum absolute atomic E-state index is 0.0669. The normalized spacial score (nSPS) is 18.2. The smallest absolute Gasteiger partial charge is 0.227 e. The van der Waals surface area contributed by atoms with Crippen LogP contribution in [0.1, 0.15) is 19.8 Å². The first-order chi connectivity index (χ1) is 9.51. The van der Waals surface area contributed by atoms with E-state index in [2.05, 4.69) is 5.32 Å². The van der Waals surface area contributed by atoms with Crippen LogP contribution in [-0.4, -0.2) is 23.6 Å². The van der Waals surface area contributed by atoms with Gasteiger partial charge in [0.1, 0.15) is 0 Å². The van der Waals surface area contributed by atoms with Crippen molar-refractivity contribution < 1.29 is 14.4 Å². The number of carbonyl (C=O) groups excluding carboxylic acids is 3. The third kappa shape index (κ3) is 3.17. The van der Waals surface area contributed by atoms with Gasteiger partial charge in [-0.15, -0.1) is 0 Å². The molecule has 0 spiro atoms. The van der Waals surface area contributed by atoms with Crippen molar-refractivity contribution in [3.05, 3.63) is 24.3 Å². The Morgan fingerprint density at radius 1 is 1.35 bits per heavy atom. The predicted octanol–water partition coefficient (Wildman–Crippen LogP) is 2.15. The zero-order valence-corrected chi connectivity index (χ0v) is 11.8. The summed E-state index contributed by atoms with van der Waals surface area (Å²) in [6, 6.07) is 6.94. The van der Waals surface area contributed by atoms with E-state index in [9.17, 15) is 14.4 Å². The average molecular weight is 295 g/mol. The highest BCUT2D eigenvalue weighted by Crippen LogP contribution is 2.27. The molecule has 0 aliphatic carbocycles. The number of hydrogen-bond acceptors (Lipinski definition) is 3. The maximum atomic E-state index is 11.8. The highest BCUT2D eigenvalue weighted by atomic mass is 35.5. The van der Waals surface area contributed by atoms with Crippen LogP contribution in [0.4, 0.5) is 11.4 Å². The van der Waals surface area contributed by atoms with Gasteiger partial charge in [-0.3, -0.25) is 14.4 Å². The Hall–Kier alpha value is -1.88. The Bertz CT molecular complexity index is 542. The lowest BCUT2D eigenvalue weighted by atomic mass is 10.1. The lowest BCUT2D eigenvalue weighted by Crippen LogP contribution is -2.25. The van der Waals surface area contributed by atoms with Crippen LogP contribution in [0.3, 0.4) is 0 Å². The van der Waals surface area contributed by atoms with Gasteiger partial charge < -0.3 is 10.2 Å². The van der Waals surface area contributed by atoms with Crippen molar-refractivity contribution in [3.8, 4) is 0 Å². The molecule has 1 saturated heterocycles. The van der Waals surface area contributed by atoms with E-state index in [0.29, 0.717) is 24.3 Å². The molecule has 1 N–H and O–H groups in total. The molecule has 106 valence electrons. The number of anilines is 2. The fraction of sp³-hybridized carbons (Fsp3) is 0.357. The van der Waals surface area contributed by atoms with Crippen LogP contribution in [0.2, 0.25) is 0 Å². The fourth-order valence-corrected chi connectivity index (χ4v) is 2.23. The average Bonchev–Trinajstić information content (AvgIpc) is 2.82. The van der Waals surface area contributed by atoms with Crippen molar-refractivity contribution in [2.75, 3.05) is 16.8 Å². The van der Waals surface area contributed by atoms with Crippen molar-refractivity contribution in [1.82, 2.24) is 0 Å². The van der Waals surface area contributed by atoms with Gasteiger partial charge in [-0.1, -0.05) is 6.92 Å². The van der Waals surface area contributed by atoms with Gasteiger partial charge >= 0.3 is 0 Å². The fourth-order valence-electron chi connectivity index (χ4n) is 2.08. The molecule has 0 aromatic heterocycles. The van der Waals surface area contributed by atoms with Gasteiger partial charge in [-0.05, 0) is 35.9 Å². The van der Waals surface area contributed by atoms with E-state index in [0.717, 1.165) is 0 Å². The van der Waals surface area contributed by atoms with Gasteiger partial charge in [0.15, 0.2) is 0 Å². The molecule has 0 saturated carbocycles. The van der Waals surface area contributed by atoms with Crippen molar-refractivity contribution in [2.45, 2.75) is 19.8 Å².